The third-order valence-electron chi connectivity index (χ3n) is 4.43. The average Bonchev–Trinajstić information content (AvgIpc) is 2.75. The summed E-state index contributed by atoms with van der Waals surface area (Å²) in [6, 6.07) is 0. The Balaban J connectivity index is 2.46. The van der Waals surface area contributed by atoms with E-state index in [4.69, 9.17) is 14.2 Å². The molecule has 136 valence electrons. The topological polar surface area (TPSA) is 78.9 Å². The molecule has 1 heterocycles. The zero-order valence-electron chi connectivity index (χ0n) is 15.0. The molecule has 6 nitrogen and oxygen atoms in total. The molecule has 25 heavy (non-hydrogen) atoms. The molecule has 0 unspecified atom stereocenters. The van der Waals surface area contributed by atoms with Gasteiger partial charge in [-0.3, -0.25) is 9.59 Å². The lowest BCUT2D eigenvalue weighted by Crippen LogP contribution is -2.33. The van der Waals surface area contributed by atoms with Crippen molar-refractivity contribution < 1.29 is 28.6 Å². The minimum Gasteiger partial charge on any atom is -0.458 e. The Labute approximate surface area is 147 Å². The Kier molecular flexibility index (Phi) is 5.82. The maximum Gasteiger partial charge on any atom is 0.334 e. The molecular formula is C19H24O6. The number of carbonyl (C=O) groups is 3. The van der Waals surface area contributed by atoms with Crippen molar-refractivity contribution in [2.75, 3.05) is 0 Å². The van der Waals surface area contributed by atoms with Crippen LogP contribution in [-0.2, 0) is 28.6 Å². The molecule has 2 rings (SSSR count). The number of hydrogen-bond donors (Lipinski definition) is 0. The van der Waals surface area contributed by atoms with Crippen LogP contribution in [0.15, 0.2) is 35.5 Å². The summed E-state index contributed by atoms with van der Waals surface area (Å²) in [5, 5.41) is 0. The van der Waals surface area contributed by atoms with Gasteiger partial charge in [0.05, 0.1) is 5.92 Å². The number of fused-ring (bicyclic) bond motifs is 1. The molecule has 0 radical (unpaired) electrons. The molecule has 1 fully saturated rings. The molecule has 0 N–H and O–H groups in total. The molecule has 6 heteroatoms. The zero-order valence-corrected chi connectivity index (χ0v) is 15.0. The minimum atomic E-state index is -0.703. The Morgan fingerprint density at radius 2 is 1.84 bits per heavy atom. The fraction of sp³-hybridized carbons (Fsp3) is 0.526. The van der Waals surface area contributed by atoms with E-state index in [1.165, 1.54) is 13.8 Å². The third-order valence-corrected chi connectivity index (χ3v) is 4.43. The Morgan fingerprint density at radius 1 is 1.20 bits per heavy atom. The molecule has 0 aromatic heterocycles. The van der Waals surface area contributed by atoms with Crippen LogP contribution >= 0.6 is 0 Å². The molecule has 0 aromatic carbocycles. The maximum absolute atomic E-state index is 12.0. The molecule has 0 bridgehead atoms. The lowest BCUT2D eigenvalue weighted by molar-refractivity contribution is -0.148. The number of carbonyl (C=O) groups excluding carboxylic acids is 3. The zero-order chi connectivity index (χ0) is 18.7. The Hall–Kier alpha value is -2.37. The van der Waals surface area contributed by atoms with E-state index in [-0.39, 0.29) is 11.5 Å². The molecular weight excluding hydrogens is 324 g/mol. The van der Waals surface area contributed by atoms with Crippen molar-refractivity contribution in [3.63, 3.8) is 0 Å². The van der Waals surface area contributed by atoms with E-state index >= 15 is 0 Å². The van der Waals surface area contributed by atoms with Gasteiger partial charge in [-0.2, -0.15) is 0 Å². The first kappa shape index (κ1) is 19.0. The molecule has 1 aliphatic carbocycles. The molecule has 0 saturated carbocycles. The van der Waals surface area contributed by atoms with Gasteiger partial charge in [0, 0.05) is 32.3 Å². The van der Waals surface area contributed by atoms with Gasteiger partial charge in [-0.15, -0.1) is 0 Å². The van der Waals surface area contributed by atoms with Gasteiger partial charge >= 0.3 is 17.9 Å². The van der Waals surface area contributed by atoms with E-state index in [2.05, 4.69) is 6.58 Å². The van der Waals surface area contributed by atoms with Gasteiger partial charge in [0.25, 0.3) is 0 Å². The van der Waals surface area contributed by atoms with E-state index < -0.39 is 36.2 Å². The van der Waals surface area contributed by atoms with E-state index in [1.54, 1.807) is 6.08 Å². The van der Waals surface area contributed by atoms with E-state index in [0.717, 1.165) is 11.1 Å². The van der Waals surface area contributed by atoms with Crippen molar-refractivity contribution in [1.29, 1.82) is 0 Å². The van der Waals surface area contributed by atoms with Crippen molar-refractivity contribution >= 4 is 17.9 Å². The lowest BCUT2D eigenvalue weighted by Gasteiger charge is -2.27. The molecule has 2 aliphatic rings. The second-order valence-electron chi connectivity index (χ2n) is 6.57. The number of hydrogen-bond acceptors (Lipinski definition) is 6. The minimum absolute atomic E-state index is 0.290. The number of esters is 3. The predicted octanol–water partition coefficient (Wildman–Crippen LogP) is 2.63. The van der Waals surface area contributed by atoms with Gasteiger partial charge < -0.3 is 14.2 Å². The van der Waals surface area contributed by atoms with Crippen molar-refractivity contribution in [1.82, 2.24) is 0 Å². The average molecular weight is 348 g/mol. The highest BCUT2D eigenvalue weighted by molar-refractivity contribution is 5.91. The highest BCUT2D eigenvalue weighted by atomic mass is 16.6. The fourth-order valence-electron chi connectivity index (χ4n) is 3.23. The van der Waals surface area contributed by atoms with Crippen LogP contribution in [0.4, 0.5) is 0 Å². The van der Waals surface area contributed by atoms with Gasteiger partial charge in [-0.25, -0.2) is 4.79 Å². The van der Waals surface area contributed by atoms with E-state index in [1.807, 2.05) is 19.9 Å². The fourth-order valence-corrected chi connectivity index (χ4v) is 3.23. The van der Waals surface area contributed by atoms with Crippen LogP contribution in [0.5, 0.6) is 0 Å². The Bertz CT molecular complexity index is 657. The quantitative estimate of drug-likeness (QED) is 0.330. The van der Waals surface area contributed by atoms with Gasteiger partial charge in [-0.1, -0.05) is 18.2 Å². The smallest absolute Gasteiger partial charge is 0.334 e. The van der Waals surface area contributed by atoms with Crippen molar-refractivity contribution in [2.24, 2.45) is 5.92 Å². The number of ether oxygens (including phenoxy) is 3. The summed E-state index contributed by atoms with van der Waals surface area (Å²) in [5.74, 6) is -1.78. The molecule has 1 saturated heterocycles. The van der Waals surface area contributed by atoms with Crippen molar-refractivity contribution in [2.45, 2.75) is 58.8 Å². The molecule has 0 amide bonds. The second-order valence-corrected chi connectivity index (χ2v) is 6.57. The van der Waals surface area contributed by atoms with Crippen LogP contribution in [0.3, 0.4) is 0 Å². The summed E-state index contributed by atoms with van der Waals surface area (Å²) in [5.41, 5.74) is 2.04. The monoisotopic (exact) mass is 348 g/mol. The SMILES string of the molecule is C=C1C(=O)O[C@H]2C/C(C)=C/C[C@@H](OC(C)=O)/C(C)=C/[C@H](OC(C)=O)[C@H]12. The highest BCUT2D eigenvalue weighted by Crippen LogP contribution is 2.36. The van der Waals surface area contributed by atoms with E-state index in [0.29, 0.717) is 12.8 Å². The Morgan fingerprint density at radius 3 is 2.44 bits per heavy atom. The lowest BCUT2D eigenvalue weighted by atomic mass is 9.85. The van der Waals surface area contributed by atoms with Gasteiger partial charge in [0.1, 0.15) is 18.3 Å². The highest BCUT2D eigenvalue weighted by Gasteiger charge is 2.44. The summed E-state index contributed by atoms with van der Waals surface area (Å²) in [6.07, 6.45) is 3.13. The van der Waals surface area contributed by atoms with Crippen LogP contribution in [0.25, 0.3) is 0 Å². The first-order valence-corrected chi connectivity index (χ1v) is 8.27. The maximum atomic E-state index is 12.0. The molecule has 4 atom stereocenters. The van der Waals surface area contributed by atoms with E-state index in [9.17, 15) is 14.4 Å². The van der Waals surface area contributed by atoms with Crippen LogP contribution in [-0.4, -0.2) is 36.2 Å². The summed E-state index contributed by atoms with van der Waals surface area (Å²) in [6.45, 7) is 10.2. The third kappa shape index (κ3) is 4.59. The molecule has 0 spiro atoms. The van der Waals surface area contributed by atoms with Gasteiger partial charge in [-0.05, 0) is 25.5 Å². The van der Waals surface area contributed by atoms with Crippen molar-refractivity contribution in [3.05, 3.63) is 35.5 Å². The summed E-state index contributed by atoms with van der Waals surface area (Å²) in [4.78, 5) is 35.0. The van der Waals surface area contributed by atoms with Crippen LogP contribution < -0.4 is 0 Å². The number of rotatable bonds is 2. The van der Waals surface area contributed by atoms with Gasteiger partial charge in [0.2, 0.25) is 0 Å². The van der Waals surface area contributed by atoms with Crippen molar-refractivity contribution in [3.8, 4) is 0 Å². The second kappa shape index (κ2) is 7.68. The van der Waals surface area contributed by atoms with Gasteiger partial charge in [0.15, 0.2) is 0 Å². The largest absolute Gasteiger partial charge is 0.458 e. The normalized spacial score (nSPS) is 33.9. The summed E-state index contributed by atoms with van der Waals surface area (Å²) >= 11 is 0. The molecule has 1 aliphatic heterocycles. The summed E-state index contributed by atoms with van der Waals surface area (Å²) in [7, 11) is 0. The van der Waals surface area contributed by atoms with Crippen LogP contribution in [0.2, 0.25) is 0 Å². The summed E-state index contributed by atoms with van der Waals surface area (Å²) < 4.78 is 16.3. The van der Waals surface area contributed by atoms with Crippen LogP contribution in [0.1, 0.15) is 40.5 Å². The van der Waals surface area contributed by atoms with Crippen LogP contribution in [0, 0.1) is 5.92 Å². The first-order chi connectivity index (χ1) is 11.7. The predicted molar refractivity (Wildman–Crippen MR) is 90.4 cm³/mol. The standard InChI is InChI=1S/C19H24O6/c1-10-6-7-15(23-13(4)20)11(2)9-17(24-14(5)21)18-12(3)19(22)25-16(18)8-10/h6,9,15-18H,3,7-8H2,1-2,4-5H3/b10-6+,11-9+/t15-,16+,17+,18-/m1/s1. The molecule has 0 aromatic rings. The first-order valence-electron chi connectivity index (χ1n) is 8.27.